The Hall–Kier alpha value is -1.28. The summed E-state index contributed by atoms with van der Waals surface area (Å²) < 4.78 is 5.65. The fourth-order valence-electron chi connectivity index (χ4n) is 2.31. The number of rotatable bonds is 6. The van der Waals surface area contributed by atoms with Gasteiger partial charge in [0.15, 0.2) is 0 Å². The van der Waals surface area contributed by atoms with E-state index in [1.54, 1.807) is 0 Å². The first-order chi connectivity index (χ1) is 9.01. The van der Waals surface area contributed by atoms with E-state index in [-0.39, 0.29) is 0 Å². The van der Waals surface area contributed by atoms with E-state index in [9.17, 15) is 0 Å². The molecule has 0 aromatic heterocycles. The minimum atomic E-state index is 0.502. The highest BCUT2D eigenvalue weighted by atomic mass is 16.5. The Kier molecular flexibility index (Phi) is 6.10. The number of hydrogen-bond donors (Lipinski definition) is 1. The van der Waals surface area contributed by atoms with Crippen molar-refractivity contribution in [1.29, 1.82) is 0 Å². The lowest BCUT2D eigenvalue weighted by Crippen LogP contribution is -2.02. The molecule has 0 aliphatic heterocycles. The van der Waals surface area contributed by atoms with E-state index < -0.39 is 0 Å². The molecule has 1 aromatic rings. The van der Waals surface area contributed by atoms with Crippen molar-refractivity contribution in [2.45, 2.75) is 41.0 Å². The van der Waals surface area contributed by atoms with Crippen LogP contribution in [0.1, 0.15) is 43.9 Å². The molecule has 0 amide bonds. The fraction of sp³-hybridized carbons (Fsp3) is 0.529. The first-order valence-corrected chi connectivity index (χ1v) is 7.15. The molecule has 0 bridgehead atoms. The van der Waals surface area contributed by atoms with Crippen LogP contribution in [0.15, 0.2) is 18.2 Å². The van der Waals surface area contributed by atoms with E-state index in [2.05, 4.69) is 45.9 Å². The highest BCUT2D eigenvalue weighted by Gasteiger charge is 2.12. The molecule has 19 heavy (non-hydrogen) atoms. The Balaban J connectivity index is 3.21. The second-order valence-electron chi connectivity index (χ2n) is 5.26. The molecule has 0 heterocycles. The van der Waals surface area contributed by atoms with Crippen LogP contribution in [0.4, 0.5) is 0 Å². The van der Waals surface area contributed by atoms with Crippen LogP contribution in [0.25, 0.3) is 5.57 Å². The third kappa shape index (κ3) is 4.10. The summed E-state index contributed by atoms with van der Waals surface area (Å²) in [5.41, 5.74) is 10.8. The maximum Gasteiger partial charge on any atom is 0.122 e. The number of aryl methyl sites for hydroxylation is 2. The summed E-state index contributed by atoms with van der Waals surface area (Å²) >= 11 is 0. The van der Waals surface area contributed by atoms with Crippen LogP contribution in [0, 0.1) is 19.8 Å². The number of ether oxygens (including phenoxy) is 1. The first kappa shape index (κ1) is 15.8. The van der Waals surface area contributed by atoms with Crippen molar-refractivity contribution < 1.29 is 4.74 Å². The summed E-state index contributed by atoms with van der Waals surface area (Å²) in [7, 11) is 0. The van der Waals surface area contributed by atoms with Gasteiger partial charge in [-0.15, -0.1) is 0 Å². The van der Waals surface area contributed by atoms with Crippen molar-refractivity contribution in [2.24, 2.45) is 11.7 Å². The van der Waals surface area contributed by atoms with Gasteiger partial charge in [0, 0.05) is 0 Å². The quantitative estimate of drug-likeness (QED) is 0.837. The van der Waals surface area contributed by atoms with Crippen molar-refractivity contribution in [3.8, 4) is 5.75 Å². The lowest BCUT2D eigenvalue weighted by atomic mass is 9.90. The number of benzene rings is 1. The number of nitrogens with two attached hydrogens (primary N) is 1. The van der Waals surface area contributed by atoms with Crippen molar-refractivity contribution in [2.75, 3.05) is 13.2 Å². The molecular formula is C17H27NO. The highest BCUT2D eigenvalue weighted by molar-refractivity contribution is 5.71. The summed E-state index contributed by atoms with van der Waals surface area (Å²) in [5, 5.41) is 0. The summed E-state index contributed by atoms with van der Waals surface area (Å²) in [4.78, 5) is 0. The lowest BCUT2D eigenvalue weighted by Gasteiger charge is -2.18. The fourth-order valence-corrected chi connectivity index (χ4v) is 2.31. The Labute approximate surface area is 117 Å². The van der Waals surface area contributed by atoms with Crippen LogP contribution in [-0.2, 0) is 0 Å². The average molecular weight is 261 g/mol. The Bertz CT molecular complexity index is 447. The van der Waals surface area contributed by atoms with E-state index in [0.29, 0.717) is 19.1 Å². The van der Waals surface area contributed by atoms with Crippen LogP contribution >= 0.6 is 0 Å². The van der Waals surface area contributed by atoms with Gasteiger partial charge in [-0.1, -0.05) is 19.9 Å². The van der Waals surface area contributed by atoms with Crippen molar-refractivity contribution >= 4 is 5.57 Å². The van der Waals surface area contributed by atoms with Gasteiger partial charge < -0.3 is 10.5 Å². The molecule has 0 radical (unpaired) electrons. The van der Waals surface area contributed by atoms with Gasteiger partial charge in [0.25, 0.3) is 0 Å². The van der Waals surface area contributed by atoms with Gasteiger partial charge in [-0.3, -0.25) is 0 Å². The summed E-state index contributed by atoms with van der Waals surface area (Å²) in [6.07, 6.45) is 3.20. The van der Waals surface area contributed by atoms with Crippen LogP contribution < -0.4 is 10.5 Å². The molecule has 106 valence electrons. The maximum absolute atomic E-state index is 5.65. The van der Waals surface area contributed by atoms with Gasteiger partial charge in [-0.25, -0.2) is 0 Å². The van der Waals surface area contributed by atoms with Gasteiger partial charge in [0.1, 0.15) is 5.75 Å². The molecule has 0 saturated carbocycles. The molecule has 0 aliphatic rings. The van der Waals surface area contributed by atoms with Crippen LogP contribution in [0.5, 0.6) is 5.75 Å². The Morgan fingerprint density at radius 2 is 1.95 bits per heavy atom. The minimum absolute atomic E-state index is 0.502. The smallest absolute Gasteiger partial charge is 0.122 e. The van der Waals surface area contributed by atoms with Crippen LogP contribution in [-0.4, -0.2) is 13.2 Å². The molecule has 2 N–H and O–H groups in total. The predicted octanol–water partition coefficient (Wildman–Crippen LogP) is 4.09. The van der Waals surface area contributed by atoms with Crippen molar-refractivity contribution in [3.05, 3.63) is 34.9 Å². The largest absolute Gasteiger partial charge is 0.494 e. The molecule has 0 atom stereocenters. The van der Waals surface area contributed by atoms with Gasteiger partial charge in [-0.2, -0.15) is 0 Å². The monoisotopic (exact) mass is 261 g/mol. The average Bonchev–Trinajstić information content (AvgIpc) is 2.35. The number of hydrogen-bond acceptors (Lipinski definition) is 2. The molecule has 0 spiro atoms. The minimum Gasteiger partial charge on any atom is -0.494 e. The lowest BCUT2D eigenvalue weighted by molar-refractivity contribution is 0.337. The van der Waals surface area contributed by atoms with Crippen LogP contribution in [0.3, 0.4) is 0 Å². The standard InChI is InChI=1S/C17H27NO/c1-6-19-17-11-13(4)16(10-14(17)5)15(12(2)3)8-7-9-18/h8,10-12H,6-7,9,18H2,1-5H3/b15-8+. The second kappa shape index (κ2) is 7.34. The molecule has 0 fully saturated rings. The summed E-state index contributed by atoms with van der Waals surface area (Å²) in [5.74, 6) is 1.49. The highest BCUT2D eigenvalue weighted by Crippen LogP contribution is 2.31. The van der Waals surface area contributed by atoms with Gasteiger partial charge in [0.2, 0.25) is 0 Å². The summed E-state index contributed by atoms with van der Waals surface area (Å²) in [6, 6.07) is 4.38. The van der Waals surface area contributed by atoms with Crippen molar-refractivity contribution in [3.63, 3.8) is 0 Å². The van der Waals surface area contributed by atoms with E-state index in [1.807, 2.05) is 6.92 Å². The molecule has 1 aromatic carbocycles. The van der Waals surface area contributed by atoms with Gasteiger partial charge in [-0.05, 0) is 74.1 Å². The van der Waals surface area contributed by atoms with E-state index >= 15 is 0 Å². The maximum atomic E-state index is 5.65. The normalized spacial score (nSPS) is 12.1. The molecule has 0 saturated heterocycles. The predicted molar refractivity (Wildman–Crippen MR) is 83.6 cm³/mol. The Morgan fingerprint density at radius 3 is 2.47 bits per heavy atom. The second-order valence-corrected chi connectivity index (χ2v) is 5.26. The van der Waals surface area contributed by atoms with Crippen molar-refractivity contribution in [1.82, 2.24) is 0 Å². The van der Waals surface area contributed by atoms with E-state index in [4.69, 9.17) is 10.5 Å². The van der Waals surface area contributed by atoms with Gasteiger partial charge in [0.05, 0.1) is 6.61 Å². The topological polar surface area (TPSA) is 35.2 Å². The van der Waals surface area contributed by atoms with Gasteiger partial charge >= 0.3 is 0 Å². The third-order valence-electron chi connectivity index (χ3n) is 3.29. The third-order valence-corrected chi connectivity index (χ3v) is 3.29. The zero-order chi connectivity index (χ0) is 14.4. The summed E-state index contributed by atoms with van der Waals surface area (Å²) in [6.45, 7) is 12.1. The molecular weight excluding hydrogens is 234 g/mol. The van der Waals surface area contributed by atoms with E-state index in [1.165, 1.54) is 22.3 Å². The Morgan fingerprint density at radius 1 is 1.26 bits per heavy atom. The number of allylic oxidation sites excluding steroid dienone is 1. The van der Waals surface area contributed by atoms with E-state index in [0.717, 1.165) is 12.2 Å². The SMILES string of the molecule is CCOc1cc(C)c(/C(=C/CCN)C(C)C)cc1C. The molecule has 2 nitrogen and oxygen atoms in total. The first-order valence-electron chi connectivity index (χ1n) is 7.15. The molecule has 1 rings (SSSR count). The molecule has 0 aliphatic carbocycles. The zero-order valence-electron chi connectivity index (χ0n) is 12.9. The zero-order valence-corrected chi connectivity index (χ0v) is 12.9. The molecule has 2 heteroatoms. The molecule has 0 unspecified atom stereocenters. The van der Waals surface area contributed by atoms with Crippen LogP contribution in [0.2, 0.25) is 0 Å².